The molecule has 3 rings (SSSR count). The number of rotatable bonds is 2. The molecule has 0 radical (unpaired) electrons. The molecule has 102 valence electrons. The van der Waals surface area contributed by atoms with Crippen molar-refractivity contribution < 1.29 is 13.2 Å². The molecule has 1 atom stereocenters. The number of thioether (sulfide) groups is 1. The number of benzene rings is 1. The summed E-state index contributed by atoms with van der Waals surface area (Å²) in [5, 5.41) is 0. The third kappa shape index (κ3) is 2.39. The average Bonchev–Trinajstić information content (AvgIpc) is 2.85. The van der Waals surface area contributed by atoms with Gasteiger partial charge in [0.1, 0.15) is 4.87 Å². The monoisotopic (exact) mass is 297 g/mol. The largest absolute Gasteiger partial charge is 0.322 e. The number of hydrogen-bond donors (Lipinski definition) is 0. The van der Waals surface area contributed by atoms with Crippen LogP contribution in [-0.2, 0) is 21.2 Å². The highest BCUT2D eigenvalue weighted by Gasteiger charge is 2.52. The summed E-state index contributed by atoms with van der Waals surface area (Å²) in [6, 6.07) is 9.73. The zero-order valence-electron chi connectivity index (χ0n) is 10.4. The van der Waals surface area contributed by atoms with Crippen LogP contribution < -0.4 is 0 Å². The lowest BCUT2D eigenvalue weighted by molar-refractivity contribution is -0.130. The summed E-state index contributed by atoms with van der Waals surface area (Å²) in [6.07, 6.45) is 0.554. The molecule has 19 heavy (non-hydrogen) atoms. The van der Waals surface area contributed by atoms with Crippen molar-refractivity contribution in [1.82, 2.24) is 4.90 Å². The number of carbonyl (C=O) groups excluding carboxylic acids is 1. The summed E-state index contributed by atoms with van der Waals surface area (Å²) < 4.78 is 23.5. The molecule has 2 aliphatic heterocycles. The molecular formula is C13H15NO3S2. The Morgan fingerprint density at radius 2 is 2.00 bits per heavy atom. The SMILES string of the molecule is O=C1CSC2(CCS(=O)(=O)C2)N1Cc1ccccc1. The maximum absolute atomic E-state index is 12.1. The first-order valence-corrected chi connectivity index (χ1v) is 9.00. The fourth-order valence-corrected chi connectivity index (χ4v) is 6.61. The number of hydrogen-bond acceptors (Lipinski definition) is 4. The zero-order chi connectivity index (χ0) is 13.5. The minimum Gasteiger partial charge on any atom is -0.322 e. The molecule has 1 amide bonds. The van der Waals surface area contributed by atoms with Crippen molar-refractivity contribution in [1.29, 1.82) is 0 Å². The van der Waals surface area contributed by atoms with Gasteiger partial charge in [-0.15, -0.1) is 11.8 Å². The maximum atomic E-state index is 12.1. The maximum Gasteiger partial charge on any atom is 0.234 e. The highest BCUT2D eigenvalue weighted by molar-refractivity contribution is 8.03. The van der Waals surface area contributed by atoms with E-state index in [-0.39, 0.29) is 17.4 Å². The number of amides is 1. The Bertz CT molecular complexity index is 600. The first kappa shape index (κ1) is 13.0. The summed E-state index contributed by atoms with van der Waals surface area (Å²) in [5.74, 6) is 0.732. The fourth-order valence-electron chi connectivity index (χ4n) is 2.71. The second-order valence-electron chi connectivity index (χ2n) is 5.04. The van der Waals surface area contributed by atoms with Crippen molar-refractivity contribution in [2.45, 2.75) is 17.8 Å². The van der Waals surface area contributed by atoms with Crippen LogP contribution in [0.1, 0.15) is 12.0 Å². The van der Waals surface area contributed by atoms with E-state index in [0.717, 1.165) is 5.56 Å². The van der Waals surface area contributed by atoms with Crippen molar-refractivity contribution in [2.24, 2.45) is 0 Å². The second-order valence-corrected chi connectivity index (χ2v) is 8.56. The van der Waals surface area contributed by atoms with Gasteiger partial charge >= 0.3 is 0 Å². The Balaban J connectivity index is 1.88. The Morgan fingerprint density at radius 3 is 2.63 bits per heavy atom. The molecule has 1 spiro atoms. The van der Waals surface area contributed by atoms with Gasteiger partial charge in [-0.2, -0.15) is 0 Å². The minimum absolute atomic E-state index is 0.0472. The molecule has 0 saturated carbocycles. The van der Waals surface area contributed by atoms with Crippen LogP contribution >= 0.6 is 11.8 Å². The second kappa shape index (κ2) is 4.52. The van der Waals surface area contributed by atoms with Crippen molar-refractivity contribution in [3.05, 3.63) is 35.9 Å². The standard InChI is InChI=1S/C13H15NO3S2/c15-12-9-18-13(6-7-19(16,17)10-13)14(12)8-11-4-2-1-3-5-11/h1-5H,6-10H2. The lowest BCUT2D eigenvalue weighted by atomic mass is 10.1. The van der Waals surface area contributed by atoms with Crippen LogP contribution in [0.2, 0.25) is 0 Å². The summed E-state index contributed by atoms with van der Waals surface area (Å²) >= 11 is 1.49. The van der Waals surface area contributed by atoms with E-state index in [9.17, 15) is 13.2 Å². The van der Waals surface area contributed by atoms with Gasteiger partial charge in [-0.3, -0.25) is 4.79 Å². The smallest absolute Gasteiger partial charge is 0.234 e. The third-order valence-corrected chi connectivity index (χ3v) is 7.11. The van der Waals surface area contributed by atoms with Crippen LogP contribution in [0.15, 0.2) is 30.3 Å². The summed E-state index contributed by atoms with van der Waals surface area (Å²) in [6.45, 7) is 0.502. The molecule has 2 aliphatic rings. The van der Waals surface area contributed by atoms with Gasteiger partial charge in [0, 0.05) is 6.54 Å². The van der Waals surface area contributed by atoms with Gasteiger partial charge in [-0.1, -0.05) is 30.3 Å². The van der Waals surface area contributed by atoms with Crippen LogP contribution in [0.3, 0.4) is 0 Å². The van der Waals surface area contributed by atoms with E-state index in [4.69, 9.17) is 0 Å². The number of nitrogens with zero attached hydrogens (tertiary/aromatic N) is 1. The van der Waals surface area contributed by atoms with Gasteiger partial charge in [-0.05, 0) is 12.0 Å². The third-order valence-electron chi connectivity index (χ3n) is 3.69. The van der Waals surface area contributed by atoms with E-state index in [1.54, 1.807) is 4.90 Å². The summed E-state index contributed by atoms with van der Waals surface area (Å²) in [4.78, 5) is 13.3. The first-order chi connectivity index (χ1) is 9.01. The summed E-state index contributed by atoms with van der Waals surface area (Å²) in [7, 11) is -3.00. The molecule has 2 heterocycles. The molecule has 0 bridgehead atoms. The average molecular weight is 297 g/mol. The molecule has 1 unspecified atom stereocenters. The number of carbonyl (C=O) groups is 1. The Hall–Kier alpha value is -1.01. The lowest BCUT2D eigenvalue weighted by Crippen LogP contribution is -2.44. The Morgan fingerprint density at radius 1 is 1.26 bits per heavy atom. The molecule has 0 aromatic heterocycles. The Labute approximate surface area is 117 Å². The van der Waals surface area contributed by atoms with E-state index >= 15 is 0 Å². The van der Waals surface area contributed by atoms with Gasteiger partial charge in [0.25, 0.3) is 0 Å². The fraction of sp³-hybridized carbons (Fsp3) is 0.462. The first-order valence-electron chi connectivity index (χ1n) is 6.20. The molecular weight excluding hydrogens is 282 g/mol. The van der Waals surface area contributed by atoms with Crippen molar-refractivity contribution in [2.75, 3.05) is 17.3 Å². The highest BCUT2D eigenvalue weighted by Crippen LogP contribution is 2.45. The van der Waals surface area contributed by atoms with E-state index < -0.39 is 14.7 Å². The molecule has 0 N–H and O–H groups in total. The zero-order valence-corrected chi connectivity index (χ0v) is 12.0. The topological polar surface area (TPSA) is 54.5 Å². The quantitative estimate of drug-likeness (QED) is 0.825. The Kier molecular flexibility index (Phi) is 3.09. The van der Waals surface area contributed by atoms with Crippen LogP contribution in [-0.4, -0.2) is 41.4 Å². The van der Waals surface area contributed by atoms with Crippen molar-refractivity contribution in [3.8, 4) is 0 Å². The van der Waals surface area contributed by atoms with E-state index in [2.05, 4.69) is 0 Å². The van der Waals surface area contributed by atoms with Gasteiger partial charge in [0.05, 0.1) is 17.3 Å². The molecule has 1 aromatic rings. The van der Waals surface area contributed by atoms with Gasteiger partial charge in [0.15, 0.2) is 9.84 Å². The highest BCUT2D eigenvalue weighted by atomic mass is 32.2. The molecule has 6 heteroatoms. The van der Waals surface area contributed by atoms with Crippen molar-refractivity contribution >= 4 is 27.5 Å². The molecule has 0 aliphatic carbocycles. The van der Waals surface area contributed by atoms with Crippen LogP contribution in [0.4, 0.5) is 0 Å². The predicted octanol–water partition coefficient (Wildman–Crippen LogP) is 1.28. The molecule has 4 nitrogen and oxygen atoms in total. The van der Waals surface area contributed by atoms with Gasteiger partial charge in [-0.25, -0.2) is 8.42 Å². The van der Waals surface area contributed by atoms with Gasteiger partial charge in [0.2, 0.25) is 5.91 Å². The van der Waals surface area contributed by atoms with Crippen LogP contribution in [0.25, 0.3) is 0 Å². The lowest BCUT2D eigenvalue weighted by Gasteiger charge is -2.33. The van der Waals surface area contributed by atoms with E-state index in [1.807, 2.05) is 30.3 Å². The van der Waals surface area contributed by atoms with Crippen LogP contribution in [0.5, 0.6) is 0 Å². The minimum atomic E-state index is -3.00. The van der Waals surface area contributed by atoms with Crippen molar-refractivity contribution in [3.63, 3.8) is 0 Å². The van der Waals surface area contributed by atoms with Gasteiger partial charge < -0.3 is 4.90 Å². The normalized spacial score (nSPS) is 29.3. The van der Waals surface area contributed by atoms with Crippen LogP contribution in [0, 0.1) is 0 Å². The van der Waals surface area contributed by atoms with E-state index in [1.165, 1.54) is 11.8 Å². The molecule has 2 saturated heterocycles. The predicted molar refractivity (Wildman–Crippen MR) is 75.5 cm³/mol. The van der Waals surface area contributed by atoms with E-state index in [0.29, 0.717) is 18.7 Å². The number of sulfone groups is 1. The molecule has 2 fully saturated rings. The molecule has 1 aromatic carbocycles. The summed E-state index contributed by atoms with van der Waals surface area (Å²) in [5.41, 5.74) is 1.04.